The van der Waals surface area contributed by atoms with E-state index in [0.29, 0.717) is 10.6 Å². The number of hydrogen-bond acceptors (Lipinski definition) is 5. The molecular formula is C30H22ClFN2O5. The smallest absolute Gasteiger partial charge is 0.341 e. The number of nitrogens with zero attached hydrogens (tertiary/aromatic N) is 2. The molecule has 2 amide bonds. The molecule has 0 aromatic heterocycles. The Kier molecular flexibility index (Phi) is 6.89. The van der Waals surface area contributed by atoms with Gasteiger partial charge in [0, 0.05) is 24.4 Å². The second kappa shape index (κ2) is 10.3. The Morgan fingerprint density at radius 2 is 1.38 bits per heavy atom. The standard InChI is InChI=1S/C30H22ClFN2O5/c31-23-11-9-19(10-12-23)18-5-7-20(8-6-18)26(33-39)17-30(32,29(37)38)13-14-34-27(35)24-15-21-3-1-2-4-22(21)16-25(24)28(34)36/h1-12,15-16,39H,13-14,17H2,(H,37,38). The van der Waals surface area contributed by atoms with Gasteiger partial charge in [-0.1, -0.05) is 77.4 Å². The number of carboxylic acid groups (broad SMARTS) is 1. The fraction of sp³-hybridized carbons (Fsp3) is 0.133. The molecule has 4 aromatic rings. The Morgan fingerprint density at radius 3 is 1.87 bits per heavy atom. The summed E-state index contributed by atoms with van der Waals surface area (Å²) < 4.78 is 15.8. The molecule has 196 valence electrons. The van der Waals surface area contributed by atoms with Crippen LogP contribution in [0.1, 0.15) is 39.1 Å². The third-order valence-electron chi connectivity index (χ3n) is 6.92. The number of carboxylic acids is 1. The lowest BCUT2D eigenvalue weighted by atomic mass is 9.91. The highest BCUT2D eigenvalue weighted by molar-refractivity contribution is 6.30. The number of carbonyl (C=O) groups excluding carboxylic acids is 2. The molecule has 7 nitrogen and oxygen atoms in total. The summed E-state index contributed by atoms with van der Waals surface area (Å²) >= 11 is 5.93. The van der Waals surface area contributed by atoms with Crippen molar-refractivity contribution in [1.29, 1.82) is 0 Å². The lowest BCUT2D eigenvalue weighted by Gasteiger charge is -2.23. The van der Waals surface area contributed by atoms with Crippen LogP contribution in [0.3, 0.4) is 0 Å². The van der Waals surface area contributed by atoms with E-state index in [-0.39, 0.29) is 16.8 Å². The highest BCUT2D eigenvalue weighted by Gasteiger charge is 2.43. The first kappa shape index (κ1) is 26.1. The van der Waals surface area contributed by atoms with Crippen LogP contribution in [0.5, 0.6) is 0 Å². The first-order valence-electron chi connectivity index (χ1n) is 12.1. The average molecular weight is 545 g/mol. The Balaban J connectivity index is 1.33. The number of benzene rings is 4. The SMILES string of the molecule is O=C1c2cc3ccccc3cc2C(=O)N1CCC(F)(CC(=NO)c1ccc(-c2ccc(Cl)cc2)cc1)C(=O)O. The molecule has 0 aliphatic carbocycles. The van der Waals surface area contributed by atoms with E-state index in [1.54, 1.807) is 48.5 Å². The van der Waals surface area contributed by atoms with Gasteiger partial charge in [0.05, 0.1) is 16.8 Å². The van der Waals surface area contributed by atoms with Crippen LogP contribution in [-0.2, 0) is 4.79 Å². The summed E-state index contributed by atoms with van der Waals surface area (Å²) in [6, 6.07) is 24.2. The zero-order valence-corrected chi connectivity index (χ0v) is 21.2. The van der Waals surface area contributed by atoms with Gasteiger partial charge in [0.15, 0.2) is 0 Å². The molecule has 0 radical (unpaired) electrons. The van der Waals surface area contributed by atoms with Crippen LogP contribution in [-0.4, -0.2) is 50.9 Å². The lowest BCUT2D eigenvalue weighted by molar-refractivity contribution is -0.151. The first-order valence-corrected chi connectivity index (χ1v) is 12.5. The number of imide groups is 1. The summed E-state index contributed by atoms with van der Waals surface area (Å²) in [4.78, 5) is 38.8. The van der Waals surface area contributed by atoms with Crippen molar-refractivity contribution in [3.8, 4) is 11.1 Å². The van der Waals surface area contributed by atoms with Crippen molar-refractivity contribution < 1.29 is 29.1 Å². The molecule has 0 saturated carbocycles. The minimum Gasteiger partial charge on any atom is -0.479 e. The predicted molar refractivity (Wildman–Crippen MR) is 145 cm³/mol. The minimum absolute atomic E-state index is 0.184. The molecule has 5 rings (SSSR count). The van der Waals surface area contributed by atoms with Crippen LogP contribution in [0.2, 0.25) is 5.02 Å². The third-order valence-corrected chi connectivity index (χ3v) is 7.17. The van der Waals surface area contributed by atoms with Crippen molar-refractivity contribution in [2.45, 2.75) is 18.5 Å². The summed E-state index contributed by atoms with van der Waals surface area (Å²) in [6.07, 6.45) is -1.46. The van der Waals surface area contributed by atoms with Crippen molar-refractivity contribution in [2.24, 2.45) is 5.16 Å². The van der Waals surface area contributed by atoms with Gasteiger partial charge in [-0.3, -0.25) is 14.5 Å². The monoisotopic (exact) mass is 544 g/mol. The van der Waals surface area contributed by atoms with E-state index in [2.05, 4.69) is 5.16 Å². The molecule has 0 saturated heterocycles. The van der Waals surface area contributed by atoms with Gasteiger partial charge in [-0.2, -0.15) is 0 Å². The van der Waals surface area contributed by atoms with Gasteiger partial charge in [0.2, 0.25) is 5.67 Å². The molecule has 1 unspecified atom stereocenters. The molecular weight excluding hydrogens is 523 g/mol. The minimum atomic E-state index is -2.91. The molecule has 0 fully saturated rings. The van der Waals surface area contributed by atoms with E-state index in [1.807, 2.05) is 36.4 Å². The maximum atomic E-state index is 15.8. The summed E-state index contributed by atoms with van der Waals surface area (Å²) in [6.45, 7) is -0.459. The summed E-state index contributed by atoms with van der Waals surface area (Å²) in [5.41, 5.74) is -0.671. The summed E-state index contributed by atoms with van der Waals surface area (Å²) in [5, 5.41) is 24.6. The number of amides is 2. The van der Waals surface area contributed by atoms with E-state index in [4.69, 9.17) is 11.6 Å². The molecule has 1 heterocycles. The second-order valence-corrected chi connectivity index (χ2v) is 9.77. The Labute approximate surface area is 227 Å². The Bertz CT molecular complexity index is 1580. The molecule has 1 aliphatic rings. The normalized spacial score (nSPS) is 14.9. The highest BCUT2D eigenvalue weighted by Crippen LogP contribution is 2.31. The quantitative estimate of drug-likeness (QED) is 0.119. The van der Waals surface area contributed by atoms with Gasteiger partial charge in [-0.25, -0.2) is 9.18 Å². The zero-order valence-electron chi connectivity index (χ0n) is 20.5. The van der Waals surface area contributed by atoms with Crippen LogP contribution < -0.4 is 0 Å². The molecule has 1 atom stereocenters. The Morgan fingerprint density at radius 1 is 0.872 bits per heavy atom. The largest absolute Gasteiger partial charge is 0.479 e. The number of hydrogen-bond donors (Lipinski definition) is 2. The summed E-state index contributed by atoms with van der Waals surface area (Å²) in [7, 11) is 0. The van der Waals surface area contributed by atoms with Crippen molar-refractivity contribution >= 4 is 45.9 Å². The number of carbonyl (C=O) groups is 3. The maximum Gasteiger partial charge on any atom is 0.341 e. The fourth-order valence-corrected chi connectivity index (χ4v) is 4.82. The van der Waals surface area contributed by atoms with Crippen LogP contribution >= 0.6 is 11.6 Å². The van der Waals surface area contributed by atoms with Gasteiger partial charge in [-0.05, 0) is 51.7 Å². The topological polar surface area (TPSA) is 107 Å². The lowest BCUT2D eigenvalue weighted by Crippen LogP contribution is -2.41. The third kappa shape index (κ3) is 4.98. The maximum absolute atomic E-state index is 15.8. The Hall–Kier alpha value is -4.56. The number of rotatable bonds is 8. The molecule has 0 bridgehead atoms. The van der Waals surface area contributed by atoms with E-state index in [9.17, 15) is 24.7 Å². The van der Waals surface area contributed by atoms with Gasteiger partial charge in [0.25, 0.3) is 11.8 Å². The van der Waals surface area contributed by atoms with Crippen molar-refractivity contribution in [3.63, 3.8) is 0 Å². The number of fused-ring (bicyclic) bond motifs is 2. The van der Waals surface area contributed by atoms with E-state index < -0.39 is 42.8 Å². The average Bonchev–Trinajstić information content (AvgIpc) is 3.18. The second-order valence-electron chi connectivity index (χ2n) is 9.34. The summed E-state index contributed by atoms with van der Waals surface area (Å²) in [5.74, 6) is -3.01. The zero-order chi connectivity index (χ0) is 27.7. The van der Waals surface area contributed by atoms with Gasteiger partial charge in [-0.15, -0.1) is 0 Å². The van der Waals surface area contributed by atoms with Crippen molar-refractivity contribution in [2.75, 3.05) is 6.54 Å². The van der Waals surface area contributed by atoms with E-state index in [0.717, 1.165) is 26.8 Å². The predicted octanol–water partition coefficient (Wildman–Crippen LogP) is 6.21. The number of halogens is 2. The van der Waals surface area contributed by atoms with Crippen molar-refractivity contribution in [3.05, 3.63) is 107 Å². The van der Waals surface area contributed by atoms with Gasteiger partial charge in [0.1, 0.15) is 0 Å². The highest BCUT2D eigenvalue weighted by atomic mass is 35.5. The molecule has 4 aromatic carbocycles. The van der Waals surface area contributed by atoms with E-state index >= 15 is 4.39 Å². The van der Waals surface area contributed by atoms with Crippen LogP contribution in [0.25, 0.3) is 21.9 Å². The van der Waals surface area contributed by atoms with Gasteiger partial charge >= 0.3 is 5.97 Å². The van der Waals surface area contributed by atoms with Gasteiger partial charge < -0.3 is 10.3 Å². The molecule has 9 heteroatoms. The molecule has 39 heavy (non-hydrogen) atoms. The van der Waals surface area contributed by atoms with E-state index in [1.165, 1.54) is 0 Å². The number of alkyl halides is 1. The van der Waals surface area contributed by atoms with Crippen LogP contribution in [0.4, 0.5) is 4.39 Å². The van der Waals surface area contributed by atoms with Crippen LogP contribution in [0, 0.1) is 0 Å². The molecule has 0 spiro atoms. The number of oxime groups is 1. The molecule has 1 aliphatic heterocycles. The number of aliphatic carboxylic acids is 1. The first-order chi connectivity index (χ1) is 18.7. The van der Waals surface area contributed by atoms with Crippen LogP contribution in [0.15, 0.2) is 90.1 Å². The van der Waals surface area contributed by atoms with Crippen molar-refractivity contribution in [1.82, 2.24) is 4.90 Å². The fourth-order valence-electron chi connectivity index (χ4n) is 4.70. The molecule has 2 N–H and O–H groups in total.